The van der Waals surface area contributed by atoms with Crippen molar-refractivity contribution >= 4 is 51.8 Å². The Hall–Kier alpha value is -3.71. The van der Waals surface area contributed by atoms with Gasteiger partial charge < -0.3 is 24.2 Å². The van der Waals surface area contributed by atoms with E-state index in [2.05, 4.69) is 14.8 Å². The summed E-state index contributed by atoms with van der Waals surface area (Å²) in [5.74, 6) is -2.62. The third kappa shape index (κ3) is 8.15. The summed E-state index contributed by atoms with van der Waals surface area (Å²) < 4.78 is 54.8. The van der Waals surface area contributed by atoms with Gasteiger partial charge in [-0.15, -0.1) is 24.5 Å². The van der Waals surface area contributed by atoms with E-state index in [1.165, 1.54) is 36.2 Å². The zero-order valence-corrected chi connectivity index (χ0v) is 21.1. The van der Waals surface area contributed by atoms with Crippen LogP contribution >= 0.6 is 23.3 Å². The normalized spacial score (nSPS) is 10.9. The highest BCUT2D eigenvalue weighted by atomic mass is 32.2. The number of amides is 1. The van der Waals surface area contributed by atoms with E-state index >= 15 is 0 Å². The summed E-state index contributed by atoms with van der Waals surface area (Å²) in [4.78, 5) is 37.7. The minimum atomic E-state index is -4.87. The first-order chi connectivity index (χ1) is 17.6. The van der Waals surface area contributed by atoms with E-state index in [1.807, 2.05) is 6.26 Å². The second-order valence-electron chi connectivity index (χ2n) is 7.16. The fourth-order valence-electron chi connectivity index (χ4n) is 3.04. The molecule has 1 aromatic heterocycles. The van der Waals surface area contributed by atoms with Crippen LogP contribution < -0.4 is 14.8 Å². The van der Waals surface area contributed by atoms with Crippen molar-refractivity contribution in [3.8, 4) is 16.2 Å². The number of ether oxygens (including phenoxy) is 3. The highest BCUT2D eigenvalue weighted by molar-refractivity contribution is 7.99. The first-order valence-corrected chi connectivity index (χ1v) is 12.7. The molecule has 0 aliphatic carbocycles. The van der Waals surface area contributed by atoms with Crippen LogP contribution in [0.15, 0.2) is 54.6 Å². The Morgan fingerprint density at radius 2 is 1.76 bits per heavy atom. The van der Waals surface area contributed by atoms with E-state index in [4.69, 9.17) is 9.47 Å². The lowest BCUT2D eigenvalue weighted by Gasteiger charge is -2.09. The number of halogens is 3. The number of rotatable bonds is 10. The van der Waals surface area contributed by atoms with E-state index < -0.39 is 36.6 Å². The van der Waals surface area contributed by atoms with E-state index in [0.29, 0.717) is 16.1 Å². The quantitative estimate of drug-likeness (QED) is 0.233. The number of thiophene rings is 1. The van der Waals surface area contributed by atoms with Crippen molar-refractivity contribution in [3.05, 3.63) is 65.7 Å². The number of hydrogen-bond donors (Lipinski definition) is 2. The molecule has 0 radical (unpaired) electrons. The zero-order valence-electron chi connectivity index (χ0n) is 19.5. The van der Waals surface area contributed by atoms with Crippen LogP contribution in [0.3, 0.4) is 0 Å². The van der Waals surface area contributed by atoms with Gasteiger partial charge in [-0.3, -0.25) is 4.79 Å². The fraction of sp³-hybridized carbons (Fsp3) is 0.208. The van der Waals surface area contributed by atoms with Crippen LogP contribution in [0, 0.1) is 0 Å². The van der Waals surface area contributed by atoms with Crippen molar-refractivity contribution in [2.24, 2.45) is 0 Å². The number of hydrogen-bond acceptors (Lipinski definition) is 9. The van der Waals surface area contributed by atoms with Crippen molar-refractivity contribution in [2.45, 2.75) is 13.3 Å². The van der Waals surface area contributed by atoms with Gasteiger partial charge in [-0.1, -0.05) is 30.1 Å². The molecule has 1 amide bonds. The zero-order chi connectivity index (χ0) is 27.0. The number of benzene rings is 2. The summed E-state index contributed by atoms with van der Waals surface area (Å²) in [6.45, 7) is 1.03. The molecule has 0 unspecified atom stereocenters. The molecule has 2 N–H and O–H groups in total. The van der Waals surface area contributed by atoms with E-state index in [-0.39, 0.29) is 22.7 Å². The van der Waals surface area contributed by atoms with Crippen molar-refractivity contribution in [1.82, 2.24) is 0 Å². The molecule has 3 aromatic rings. The van der Waals surface area contributed by atoms with Gasteiger partial charge in [0, 0.05) is 16.8 Å². The van der Waals surface area contributed by atoms with Gasteiger partial charge in [0.2, 0.25) is 0 Å². The lowest BCUT2D eigenvalue weighted by molar-refractivity contribution is -0.274. The lowest BCUT2D eigenvalue weighted by atomic mass is 10.1. The number of anilines is 2. The molecule has 2 aromatic carbocycles. The van der Waals surface area contributed by atoms with Gasteiger partial charge in [-0.05, 0) is 48.9 Å². The van der Waals surface area contributed by atoms with Gasteiger partial charge in [0.05, 0.1) is 17.7 Å². The number of carbonyl (C=O) groups excluding carboxylic acids is 3. The average Bonchev–Trinajstić information content (AvgIpc) is 3.26. The summed E-state index contributed by atoms with van der Waals surface area (Å²) in [5.41, 5.74) is 1.24. The minimum Gasteiger partial charge on any atom is -0.462 e. The first kappa shape index (κ1) is 27.9. The maximum atomic E-state index is 12.6. The second-order valence-corrected chi connectivity index (χ2v) is 8.83. The van der Waals surface area contributed by atoms with Gasteiger partial charge in [-0.2, -0.15) is 0 Å². The van der Waals surface area contributed by atoms with Crippen LogP contribution in [-0.4, -0.2) is 43.7 Å². The minimum absolute atomic E-state index is 0.000453. The number of carbonyl (C=O) groups is 3. The number of esters is 2. The summed E-state index contributed by atoms with van der Waals surface area (Å²) >= 11 is 2.28. The van der Waals surface area contributed by atoms with Gasteiger partial charge in [-0.25, -0.2) is 9.59 Å². The van der Waals surface area contributed by atoms with Crippen LogP contribution in [0.2, 0.25) is 0 Å². The highest BCUT2D eigenvalue weighted by Crippen LogP contribution is 2.37. The Bertz CT molecular complexity index is 1280. The Labute approximate surface area is 218 Å². The molecule has 8 nitrogen and oxygen atoms in total. The molecular weight excluding hydrogens is 533 g/mol. The molecule has 0 saturated carbocycles. The molecule has 13 heteroatoms. The topological polar surface area (TPSA) is 103 Å². The van der Waals surface area contributed by atoms with Crippen LogP contribution in [-0.2, 0) is 14.3 Å². The Morgan fingerprint density at radius 1 is 1.00 bits per heavy atom. The summed E-state index contributed by atoms with van der Waals surface area (Å²) in [6.07, 6.45) is -3.05. The van der Waals surface area contributed by atoms with Crippen LogP contribution in [0.1, 0.15) is 27.6 Å². The predicted molar refractivity (Wildman–Crippen MR) is 135 cm³/mol. The molecule has 0 aliphatic rings. The molecule has 0 spiro atoms. The molecule has 0 bridgehead atoms. The fourth-order valence-corrected chi connectivity index (χ4v) is 4.46. The number of alkyl halides is 3. The molecule has 37 heavy (non-hydrogen) atoms. The largest absolute Gasteiger partial charge is 0.573 e. The van der Waals surface area contributed by atoms with Gasteiger partial charge in [0.1, 0.15) is 10.8 Å². The van der Waals surface area contributed by atoms with E-state index in [0.717, 1.165) is 23.5 Å². The van der Waals surface area contributed by atoms with Gasteiger partial charge in [0.25, 0.3) is 5.91 Å². The third-order valence-electron chi connectivity index (χ3n) is 4.49. The summed E-state index contributed by atoms with van der Waals surface area (Å²) in [7, 11) is 0. The van der Waals surface area contributed by atoms with Crippen LogP contribution in [0.25, 0.3) is 10.4 Å². The van der Waals surface area contributed by atoms with Gasteiger partial charge >= 0.3 is 18.3 Å². The van der Waals surface area contributed by atoms with E-state index in [1.54, 1.807) is 25.1 Å². The molecule has 0 aliphatic heterocycles. The Balaban J connectivity index is 1.75. The smallest absolute Gasteiger partial charge is 0.462 e. The maximum absolute atomic E-state index is 12.6. The Morgan fingerprint density at radius 3 is 2.46 bits per heavy atom. The molecule has 0 atom stereocenters. The predicted octanol–water partition coefficient (Wildman–Crippen LogP) is 5.98. The van der Waals surface area contributed by atoms with Crippen LogP contribution in [0.5, 0.6) is 5.75 Å². The molecular formula is C24H21F3N2O6S2. The maximum Gasteiger partial charge on any atom is 0.573 e. The molecule has 3 rings (SSSR count). The monoisotopic (exact) mass is 554 g/mol. The third-order valence-corrected chi connectivity index (χ3v) is 6.02. The summed E-state index contributed by atoms with van der Waals surface area (Å²) in [5, 5.41) is 2.59. The van der Waals surface area contributed by atoms with Crippen molar-refractivity contribution in [3.63, 3.8) is 0 Å². The highest BCUT2D eigenvalue weighted by Gasteiger charge is 2.31. The SMILES string of the molecule is CCOC(=O)c1cc(-c2cccc(OC(F)(F)F)c2)sc1NC(=O)COC(=O)c1cccc(NSC)c1. The van der Waals surface area contributed by atoms with Crippen LogP contribution in [0.4, 0.5) is 23.9 Å². The molecule has 1 heterocycles. The first-order valence-electron chi connectivity index (χ1n) is 10.6. The van der Waals surface area contributed by atoms with Gasteiger partial charge in [0.15, 0.2) is 6.61 Å². The van der Waals surface area contributed by atoms with Crippen molar-refractivity contribution in [1.29, 1.82) is 0 Å². The molecule has 0 fully saturated rings. The lowest BCUT2D eigenvalue weighted by Crippen LogP contribution is -2.21. The second kappa shape index (κ2) is 12.5. The van der Waals surface area contributed by atoms with Crippen molar-refractivity contribution < 1.29 is 41.8 Å². The van der Waals surface area contributed by atoms with Crippen molar-refractivity contribution in [2.75, 3.05) is 29.5 Å². The molecule has 196 valence electrons. The average molecular weight is 555 g/mol. The molecule has 0 saturated heterocycles. The Kier molecular flexibility index (Phi) is 9.42. The summed E-state index contributed by atoms with van der Waals surface area (Å²) in [6, 6.07) is 13.1. The van der Waals surface area contributed by atoms with E-state index in [9.17, 15) is 27.6 Å². The number of nitrogens with one attached hydrogen (secondary N) is 2. The standard InChI is InChI=1S/C24H21F3N2O6S2/c1-3-33-23(32)18-12-19(14-6-5-9-17(11-14)35-24(25,26)27)37-21(18)28-20(30)13-34-22(31)15-7-4-8-16(10-15)29-36-2/h4-12,29H,3,13H2,1-2H3,(H,28,30).